The van der Waals surface area contributed by atoms with Crippen molar-refractivity contribution in [2.45, 2.75) is 26.4 Å². The van der Waals surface area contributed by atoms with E-state index in [1.807, 2.05) is 12.1 Å². The lowest BCUT2D eigenvalue weighted by molar-refractivity contribution is 0.413. The van der Waals surface area contributed by atoms with Crippen molar-refractivity contribution in [2.75, 3.05) is 7.11 Å². The lowest BCUT2D eigenvalue weighted by Gasteiger charge is -2.16. The highest BCUT2D eigenvalue weighted by Gasteiger charge is 2.09. The fourth-order valence-electron chi connectivity index (χ4n) is 1.67. The third-order valence-electron chi connectivity index (χ3n) is 2.76. The highest BCUT2D eigenvalue weighted by Crippen LogP contribution is 2.18. The van der Waals surface area contributed by atoms with E-state index in [0.29, 0.717) is 23.8 Å². The second-order valence-electron chi connectivity index (χ2n) is 4.42. The van der Waals surface area contributed by atoms with Gasteiger partial charge in [0, 0.05) is 6.54 Å². The second kappa shape index (κ2) is 6.69. The zero-order valence-electron chi connectivity index (χ0n) is 11.0. The van der Waals surface area contributed by atoms with Crippen molar-refractivity contribution >= 4 is 0 Å². The fourth-order valence-corrected chi connectivity index (χ4v) is 1.67. The summed E-state index contributed by atoms with van der Waals surface area (Å²) in [6.07, 6.45) is 5.45. The molecule has 3 heteroatoms. The monoisotopic (exact) mass is 242 g/mol. The van der Waals surface area contributed by atoms with E-state index >= 15 is 0 Å². The van der Waals surface area contributed by atoms with Gasteiger partial charge in [-0.3, -0.25) is 5.32 Å². The quantitative estimate of drug-likeness (QED) is 0.806. The van der Waals surface area contributed by atoms with E-state index in [9.17, 15) is 0 Å². The van der Waals surface area contributed by atoms with Crippen LogP contribution in [0.2, 0.25) is 0 Å². The van der Waals surface area contributed by atoms with Gasteiger partial charge in [-0.25, -0.2) is 0 Å². The Morgan fingerprint density at radius 2 is 2.17 bits per heavy atom. The molecule has 0 aliphatic heterocycles. The van der Waals surface area contributed by atoms with Crippen molar-refractivity contribution in [2.24, 2.45) is 5.92 Å². The molecule has 1 unspecified atom stereocenters. The van der Waals surface area contributed by atoms with E-state index in [0.717, 1.165) is 5.56 Å². The smallest absolute Gasteiger partial charge is 0.136 e. The Bertz CT molecular complexity index is 480. The molecular formula is C15H18N2O. The predicted octanol–water partition coefficient (Wildman–Crippen LogP) is 2.31. The van der Waals surface area contributed by atoms with Gasteiger partial charge in [-0.2, -0.15) is 5.26 Å². The Labute approximate surface area is 109 Å². The Hall–Kier alpha value is -1.97. The zero-order chi connectivity index (χ0) is 13.5. The van der Waals surface area contributed by atoms with Crippen LogP contribution in [-0.2, 0) is 6.54 Å². The van der Waals surface area contributed by atoms with Gasteiger partial charge in [0.05, 0.1) is 18.7 Å². The van der Waals surface area contributed by atoms with Crippen molar-refractivity contribution in [1.29, 1.82) is 5.26 Å². The predicted molar refractivity (Wildman–Crippen MR) is 72.0 cm³/mol. The SMILES string of the molecule is C#CC(NCc1ccc(OC)c(C#N)c1)C(C)C. The summed E-state index contributed by atoms with van der Waals surface area (Å²) < 4.78 is 5.10. The minimum atomic E-state index is 0.0395. The van der Waals surface area contributed by atoms with Gasteiger partial charge in [-0.05, 0) is 23.6 Å². The Morgan fingerprint density at radius 1 is 1.44 bits per heavy atom. The summed E-state index contributed by atoms with van der Waals surface area (Å²) in [7, 11) is 1.56. The molecule has 18 heavy (non-hydrogen) atoms. The molecule has 3 nitrogen and oxygen atoms in total. The van der Waals surface area contributed by atoms with E-state index in [1.54, 1.807) is 13.2 Å². The van der Waals surface area contributed by atoms with E-state index in [2.05, 4.69) is 31.2 Å². The maximum absolute atomic E-state index is 9.00. The summed E-state index contributed by atoms with van der Waals surface area (Å²) in [6, 6.07) is 7.71. The summed E-state index contributed by atoms with van der Waals surface area (Å²) >= 11 is 0. The van der Waals surface area contributed by atoms with Gasteiger partial charge in [-0.1, -0.05) is 25.8 Å². The third-order valence-corrected chi connectivity index (χ3v) is 2.76. The second-order valence-corrected chi connectivity index (χ2v) is 4.42. The molecule has 0 saturated carbocycles. The molecule has 0 aromatic heterocycles. The minimum absolute atomic E-state index is 0.0395. The molecule has 1 aromatic carbocycles. The minimum Gasteiger partial charge on any atom is -0.495 e. The highest BCUT2D eigenvalue weighted by molar-refractivity contribution is 5.45. The highest BCUT2D eigenvalue weighted by atomic mass is 16.5. The molecule has 94 valence electrons. The van der Waals surface area contributed by atoms with Crippen LogP contribution in [0.5, 0.6) is 5.75 Å². The molecule has 1 aromatic rings. The van der Waals surface area contributed by atoms with Crippen LogP contribution in [0.25, 0.3) is 0 Å². The van der Waals surface area contributed by atoms with E-state index < -0.39 is 0 Å². The van der Waals surface area contributed by atoms with Crippen LogP contribution in [0.1, 0.15) is 25.0 Å². The normalized spacial score (nSPS) is 11.7. The average Bonchev–Trinajstić information content (AvgIpc) is 2.38. The molecule has 0 spiro atoms. The molecule has 0 saturated heterocycles. The zero-order valence-corrected chi connectivity index (χ0v) is 11.0. The van der Waals surface area contributed by atoms with Crippen molar-refractivity contribution < 1.29 is 4.74 Å². The molecule has 0 bridgehead atoms. The van der Waals surface area contributed by atoms with E-state index in [4.69, 9.17) is 16.4 Å². The number of terminal acetylenes is 1. The Kier molecular flexibility index (Phi) is 5.24. The summed E-state index contributed by atoms with van der Waals surface area (Å²) in [6.45, 7) is 4.80. The first-order valence-corrected chi connectivity index (χ1v) is 5.89. The van der Waals surface area contributed by atoms with Crippen LogP contribution in [0.3, 0.4) is 0 Å². The van der Waals surface area contributed by atoms with E-state index in [-0.39, 0.29) is 6.04 Å². The first-order chi connectivity index (χ1) is 8.62. The molecule has 0 aliphatic rings. The van der Waals surface area contributed by atoms with Gasteiger partial charge in [-0.15, -0.1) is 6.42 Å². The maximum atomic E-state index is 9.00. The Morgan fingerprint density at radius 3 is 2.67 bits per heavy atom. The van der Waals surface area contributed by atoms with Crippen LogP contribution in [-0.4, -0.2) is 13.2 Å². The number of nitrogens with one attached hydrogen (secondary N) is 1. The molecule has 0 radical (unpaired) electrons. The summed E-state index contributed by atoms with van der Waals surface area (Å²) in [5.41, 5.74) is 1.56. The van der Waals surface area contributed by atoms with Crippen molar-refractivity contribution in [1.82, 2.24) is 5.32 Å². The van der Waals surface area contributed by atoms with Crippen LogP contribution in [0.4, 0.5) is 0 Å². The van der Waals surface area contributed by atoms with Crippen LogP contribution in [0, 0.1) is 29.6 Å². The van der Waals surface area contributed by atoms with Crippen LogP contribution >= 0.6 is 0 Å². The van der Waals surface area contributed by atoms with Gasteiger partial charge < -0.3 is 4.74 Å². The number of hydrogen-bond acceptors (Lipinski definition) is 3. The van der Waals surface area contributed by atoms with Crippen molar-refractivity contribution in [3.63, 3.8) is 0 Å². The largest absolute Gasteiger partial charge is 0.495 e. The van der Waals surface area contributed by atoms with Gasteiger partial charge in [0.25, 0.3) is 0 Å². The first kappa shape index (κ1) is 14.1. The lowest BCUT2D eigenvalue weighted by Crippen LogP contribution is -2.31. The molecular weight excluding hydrogens is 224 g/mol. The standard InChI is InChI=1S/C15H18N2O/c1-5-14(11(2)3)17-10-12-6-7-15(18-4)13(8-12)9-16/h1,6-8,11,14,17H,10H2,2-4H3. The molecule has 0 heterocycles. The third kappa shape index (κ3) is 3.52. The van der Waals surface area contributed by atoms with Crippen LogP contribution in [0.15, 0.2) is 18.2 Å². The number of benzene rings is 1. The van der Waals surface area contributed by atoms with Crippen LogP contribution < -0.4 is 10.1 Å². The number of nitriles is 1. The van der Waals surface area contributed by atoms with Gasteiger partial charge in [0.15, 0.2) is 0 Å². The molecule has 0 aliphatic carbocycles. The molecule has 1 N–H and O–H groups in total. The Balaban J connectivity index is 2.75. The molecule has 1 atom stereocenters. The van der Waals surface area contributed by atoms with E-state index in [1.165, 1.54) is 0 Å². The topological polar surface area (TPSA) is 45.0 Å². The van der Waals surface area contributed by atoms with Gasteiger partial charge in [0.2, 0.25) is 0 Å². The molecule has 1 rings (SSSR count). The van der Waals surface area contributed by atoms with Gasteiger partial charge >= 0.3 is 0 Å². The summed E-state index contributed by atoms with van der Waals surface area (Å²) in [5.74, 6) is 3.70. The number of rotatable bonds is 5. The molecule has 0 fully saturated rings. The summed E-state index contributed by atoms with van der Waals surface area (Å²) in [5, 5.41) is 12.3. The maximum Gasteiger partial charge on any atom is 0.136 e. The number of hydrogen-bond donors (Lipinski definition) is 1. The first-order valence-electron chi connectivity index (χ1n) is 5.89. The van der Waals surface area contributed by atoms with Gasteiger partial charge in [0.1, 0.15) is 11.8 Å². The lowest BCUT2D eigenvalue weighted by atomic mass is 10.0. The number of nitrogens with zero attached hydrogens (tertiary/aromatic N) is 1. The number of ether oxygens (including phenoxy) is 1. The summed E-state index contributed by atoms with van der Waals surface area (Å²) in [4.78, 5) is 0. The average molecular weight is 242 g/mol. The number of methoxy groups -OCH3 is 1. The van der Waals surface area contributed by atoms with Crippen molar-refractivity contribution in [3.05, 3.63) is 29.3 Å². The van der Waals surface area contributed by atoms with Crippen molar-refractivity contribution in [3.8, 4) is 24.2 Å². The molecule has 0 amide bonds. The fraction of sp³-hybridized carbons (Fsp3) is 0.400.